The molecule has 3 nitrogen and oxygen atoms in total. The summed E-state index contributed by atoms with van der Waals surface area (Å²) >= 11 is 0. The van der Waals surface area contributed by atoms with Crippen molar-refractivity contribution in [3.05, 3.63) is 65.7 Å². The molecule has 1 aromatic heterocycles. The molecule has 3 rings (SSSR count). The standard InChI is InChI=1S/C16H11F2NO2/c17-12-5-6-15(13(18)8-12)21-16-11(9-20)7-10-3-1-2-4-14(10)19-16/h1-8,20H,9H2. The number of hydrogen-bond acceptors (Lipinski definition) is 3. The zero-order chi connectivity index (χ0) is 14.8. The highest BCUT2D eigenvalue weighted by Gasteiger charge is 2.12. The van der Waals surface area contributed by atoms with E-state index < -0.39 is 11.6 Å². The Morgan fingerprint density at radius 1 is 1.05 bits per heavy atom. The van der Waals surface area contributed by atoms with Gasteiger partial charge in [0.2, 0.25) is 5.88 Å². The summed E-state index contributed by atoms with van der Waals surface area (Å²) in [6.45, 7) is -0.296. The molecule has 0 aliphatic rings. The summed E-state index contributed by atoms with van der Waals surface area (Å²) in [4.78, 5) is 4.26. The molecule has 5 heteroatoms. The van der Waals surface area contributed by atoms with Crippen molar-refractivity contribution in [1.82, 2.24) is 4.98 Å². The molecule has 1 heterocycles. The number of nitrogens with zero attached hydrogens (tertiary/aromatic N) is 1. The topological polar surface area (TPSA) is 42.4 Å². The van der Waals surface area contributed by atoms with Gasteiger partial charge in [0.15, 0.2) is 11.6 Å². The molecule has 0 aliphatic carbocycles. The van der Waals surface area contributed by atoms with Crippen molar-refractivity contribution in [1.29, 1.82) is 0 Å². The third-order valence-electron chi connectivity index (χ3n) is 3.03. The molecule has 3 aromatic rings. The molecule has 1 N–H and O–H groups in total. The first-order chi connectivity index (χ1) is 10.2. The summed E-state index contributed by atoms with van der Waals surface area (Å²) in [6.07, 6.45) is 0. The van der Waals surface area contributed by atoms with Crippen LogP contribution in [0.5, 0.6) is 11.6 Å². The minimum Gasteiger partial charge on any atom is -0.436 e. The van der Waals surface area contributed by atoms with E-state index in [0.29, 0.717) is 11.1 Å². The van der Waals surface area contributed by atoms with E-state index in [-0.39, 0.29) is 18.2 Å². The fourth-order valence-electron chi connectivity index (χ4n) is 2.01. The maximum atomic E-state index is 13.6. The van der Waals surface area contributed by atoms with Crippen LogP contribution in [0.25, 0.3) is 10.9 Å². The molecule has 106 valence electrons. The van der Waals surface area contributed by atoms with Gasteiger partial charge in [0, 0.05) is 17.0 Å². The summed E-state index contributed by atoms with van der Waals surface area (Å²) in [5.41, 5.74) is 1.09. The van der Waals surface area contributed by atoms with Crippen LogP contribution in [0.1, 0.15) is 5.56 Å². The SMILES string of the molecule is OCc1cc2ccccc2nc1Oc1ccc(F)cc1F. The Kier molecular flexibility index (Phi) is 3.50. The third kappa shape index (κ3) is 2.68. The number of aliphatic hydroxyl groups excluding tert-OH is 1. The molecule has 0 saturated heterocycles. The maximum absolute atomic E-state index is 13.6. The zero-order valence-electron chi connectivity index (χ0n) is 10.9. The Labute approximate surface area is 119 Å². The first-order valence-corrected chi connectivity index (χ1v) is 6.30. The molecule has 0 unspecified atom stereocenters. The molecule has 0 fully saturated rings. The molecular formula is C16H11F2NO2. The number of aromatic nitrogens is 1. The van der Waals surface area contributed by atoms with Crippen LogP contribution in [0.15, 0.2) is 48.5 Å². The van der Waals surface area contributed by atoms with Crippen LogP contribution in [0.3, 0.4) is 0 Å². The van der Waals surface area contributed by atoms with Crippen molar-refractivity contribution < 1.29 is 18.6 Å². The van der Waals surface area contributed by atoms with Gasteiger partial charge in [0.05, 0.1) is 12.1 Å². The lowest BCUT2D eigenvalue weighted by Gasteiger charge is -2.10. The Morgan fingerprint density at radius 3 is 2.62 bits per heavy atom. The minimum absolute atomic E-state index is 0.0988. The van der Waals surface area contributed by atoms with E-state index in [1.807, 2.05) is 18.2 Å². The second-order valence-corrected chi connectivity index (χ2v) is 4.48. The van der Waals surface area contributed by atoms with Crippen LogP contribution in [-0.2, 0) is 6.61 Å². The molecule has 0 spiro atoms. The number of fused-ring (bicyclic) bond motifs is 1. The Morgan fingerprint density at radius 2 is 1.86 bits per heavy atom. The zero-order valence-corrected chi connectivity index (χ0v) is 10.9. The van der Waals surface area contributed by atoms with Crippen LogP contribution in [0.4, 0.5) is 8.78 Å². The van der Waals surface area contributed by atoms with Gasteiger partial charge in [-0.05, 0) is 24.3 Å². The predicted molar refractivity (Wildman–Crippen MR) is 74.1 cm³/mol. The lowest BCUT2D eigenvalue weighted by molar-refractivity contribution is 0.274. The molecule has 0 amide bonds. The van der Waals surface area contributed by atoms with Crippen molar-refractivity contribution in [3.63, 3.8) is 0 Å². The summed E-state index contributed by atoms with van der Waals surface area (Å²) < 4.78 is 31.9. The number of para-hydroxylation sites is 1. The van der Waals surface area contributed by atoms with E-state index in [9.17, 15) is 13.9 Å². The molecule has 0 saturated carbocycles. The van der Waals surface area contributed by atoms with Crippen LogP contribution < -0.4 is 4.74 Å². The normalized spacial score (nSPS) is 10.8. The number of hydrogen-bond donors (Lipinski definition) is 1. The van der Waals surface area contributed by atoms with E-state index in [1.165, 1.54) is 6.07 Å². The van der Waals surface area contributed by atoms with Crippen molar-refractivity contribution in [3.8, 4) is 11.6 Å². The van der Waals surface area contributed by atoms with Gasteiger partial charge in [0.1, 0.15) is 5.82 Å². The van der Waals surface area contributed by atoms with Gasteiger partial charge in [-0.25, -0.2) is 13.8 Å². The van der Waals surface area contributed by atoms with Gasteiger partial charge in [-0.15, -0.1) is 0 Å². The van der Waals surface area contributed by atoms with Gasteiger partial charge in [-0.3, -0.25) is 0 Å². The van der Waals surface area contributed by atoms with E-state index >= 15 is 0 Å². The van der Waals surface area contributed by atoms with Crippen LogP contribution in [-0.4, -0.2) is 10.1 Å². The Hall–Kier alpha value is -2.53. The first kappa shape index (κ1) is 13.5. The van der Waals surface area contributed by atoms with Crippen LogP contribution in [0.2, 0.25) is 0 Å². The highest BCUT2D eigenvalue weighted by molar-refractivity contribution is 5.80. The quantitative estimate of drug-likeness (QED) is 0.796. The summed E-state index contributed by atoms with van der Waals surface area (Å²) in [6, 6.07) is 12.0. The van der Waals surface area contributed by atoms with Gasteiger partial charge in [-0.2, -0.15) is 0 Å². The van der Waals surface area contributed by atoms with E-state index in [4.69, 9.17) is 4.74 Å². The lowest BCUT2D eigenvalue weighted by Crippen LogP contribution is -1.97. The van der Waals surface area contributed by atoms with Gasteiger partial charge in [0.25, 0.3) is 0 Å². The molecular weight excluding hydrogens is 276 g/mol. The number of halogens is 2. The molecule has 21 heavy (non-hydrogen) atoms. The molecule has 0 radical (unpaired) electrons. The number of pyridine rings is 1. The smallest absolute Gasteiger partial charge is 0.225 e. The summed E-state index contributed by atoms with van der Waals surface area (Å²) in [5, 5.41) is 10.2. The highest BCUT2D eigenvalue weighted by atomic mass is 19.1. The first-order valence-electron chi connectivity index (χ1n) is 6.30. The Bertz CT molecular complexity index is 805. The van der Waals surface area contributed by atoms with Crippen LogP contribution in [0, 0.1) is 11.6 Å². The second-order valence-electron chi connectivity index (χ2n) is 4.48. The van der Waals surface area contributed by atoms with Gasteiger partial charge >= 0.3 is 0 Å². The number of ether oxygens (including phenoxy) is 1. The number of benzene rings is 2. The average molecular weight is 287 g/mol. The van der Waals surface area contributed by atoms with Crippen molar-refractivity contribution in [2.45, 2.75) is 6.61 Å². The fraction of sp³-hybridized carbons (Fsp3) is 0.0625. The third-order valence-corrected chi connectivity index (χ3v) is 3.03. The lowest BCUT2D eigenvalue weighted by atomic mass is 10.1. The van der Waals surface area contributed by atoms with E-state index in [1.54, 1.807) is 12.1 Å². The highest BCUT2D eigenvalue weighted by Crippen LogP contribution is 2.28. The van der Waals surface area contributed by atoms with Crippen molar-refractivity contribution in [2.24, 2.45) is 0 Å². The summed E-state index contributed by atoms with van der Waals surface area (Å²) in [5.74, 6) is -1.56. The van der Waals surface area contributed by atoms with E-state index in [0.717, 1.165) is 17.5 Å². The molecule has 0 atom stereocenters. The maximum Gasteiger partial charge on any atom is 0.225 e. The average Bonchev–Trinajstić information content (AvgIpc) is 2.49. The van der Waals surface area contributed by atoms with Gasteiger partial charge in [-0.1, -0.05) is 18.2 Å². The predicted octanol–water partition coefficient (Wildman–Crippen LogP) is 3.80. The van der Waals surface area contributed by atoms with Crippen molar-refractivity contribution >= 4 is 10.9 Å². The second kappa shape index (κ2) is 5.46. The number of aliphatic hydroxyl groups is 1. The molecule has 0 aliphatic heterocycles. The largest absolute Gasteiger partial charge is 0.436 e. The summed E-state index contributed by atoms with van der Waals surface area (Å²) in [7, 11) is 0. The molecule has 0 bridgehead atoms. The monoisotopic (exact) mass is 287 g/mol. The minimum atomic E-state index is -0.825. The van der Waals surface area contributed by atoms with Crippen molar-refractivity contribution in [2.75, 3.05) is 0 Å². The van der Waals surface area contributed by atoms with Crippen LogP contribution >= 0.6 is 0 Å². The Balaban J connectivity index is 2.06. The fourth-order valence-corrected chi connectivity index (χ4v) is 2.01. The van der Waals surface area contributed by atoms with Gasteiger partial charge < -0.3 is 9.84 Å². The molecule has 2 aromatic carbocycles. The van der Waals surface area contributed by atoms with E-state index in [2.05, 4.69) is 4.98 Å². The number of rotatable bonds is 3.